The lowest BCUT2D eigenvalue weighted by Gasteiger charge is -2.15. The van der Waals surface area contributed by atoms with Crippen LogP contribution in [0.15, 0.2) is 42.5 Å². The van der Waals surface area contributed by atoms with E-state index >= 15 is 0 Å². The lowest BCUT2D eigenvalue weighted by Crippen LogP contribution is -2.08. The van der Waals surface area contributed by atoms with Crippen molar-refractivity contribution in [3.63, 3.8) is 0 Å². The number of alkyl halides is 3. The van der Waals surface area contributed by atoms with Gasteiger partial charge in [0.15, 0.2) is 0 Å². The zero-order valence-corrected chi connectivity index (χ0v) is 11.2. The lowest BCUT2D eigenvalue weighted by molar-refractivity contribution is -0.136. The molecule has 0 aromatic heterocycles. The van der Waals surface area contributed by atoms with Crippen molar-refractivity contribution in [2.24, 2.45) is 0 Å². The van der Waals surface area contributed by atoms with Crippen LogP contribution in [0, 0.1) is 0 Å². The number of rotatable bonds is 3. The molecule has 0 aliphatic heterocycles. The monoisotopic (exact) mass is 315 g/mol. The number of benzene rings is 2. The molecular formula is C14H9ClF3NO2. The topological polar surface area (TPSA) is 49.3 Å². The van der Waals surface area contributed by atoms with Crippen LogP contribution in [0.25, 0.3) is 0 Å². The fourth-order valence-electron chi connectivity index (χ4n) is 1.71. The number of carbonyl (C=O) groups is 1. The van der Waals surface area contributed by atoms with Crippen LogP contribution in [0.4, 0.5) is 24.5 Å². The van der Waals surface area contributed by atoms with Crippen molar-refractivity contribution in [3.8, 4) is 0 Å². The van der Waals surface area contributed by atoms with Gasteiger partial charge in [-0.05, 0) is 42.5 Å². The molecule has 21 heavy (non-hydrogen) atoms. The van der Waals surface area contributed by atoms with Gasteiger partial charge >= 0.3 is 12.1 Å². The molecule has 0 saturated carbocycles. The highest BCUT2D eigenvalue weighted by Gasteiger charge is 2.33. The summed E-state index contributed by atoms with van der Waals surface area (Å²) in [5.74, 6) is -1.11. The third kappa shape index (κ3) is 3.66. The van der Waals surface area contributed by atoms with E-state index in [-0.39, 0.29) is 16.3 Å². The van der Waals surface area contributed by atoms with Gasteiger partial charge in [0.25, 0.3) is 0 Å². The van der Waals surface area contributed by atoms with Crippen LogP contribution >= 0.6 is 11.6 Å². The minimum absolute atomic E-state index is 0.0194. The average Bonchev–Trinajstić information content (AvgIpc) is 2.40. The second-order valence-corrected chi connectivity index (χ2v) is 4.63. The second kappa shape index (κ2) is 5.65. The van der Waals surface area contributed by atoms with Crippen LogP contribution in [-0.4, -0.2) is 11.1 Å². The molecule has 0 aliphatic rings. The number of hydrogen-bond acceptors (Lipinski definition) is 2. The summed E-state index contributed by atoms with van der Waals surface area (Å²) < 4.78 is 38.8. The Labute approximate surface area is 123 Å². The molecule has 0 aliphatic carbocycles. The molecule has 2 aromatic carbocycles. The van der Waals surface area contributed by atoms with Crippen molar-refractivity contribution < 1.29 is 23.1 Å². The Morgan fingerprint density at radius 2 is 1.71 bits per heavy atom. The van der Waals surface area contributed by atoms with E-state index in [0.717, 1.165) is 6.07 Å². The Morgan fingerprint density at radius 3 is 2.24 bits per heavy atom. The predicted octanol–water partition coefficient (Wildman–Crippen LogP) is 4.80. The number of hydrogen-bond donors (Lipinski definition) is 2. The molecule has 0 unspecified atom stereocenters. The fourth-order valence-corrected chi connectivity index (χ4v) is 1.88. The summed E-state index contributed by atoms with van der Waals surface area (Å²) in [6.07, 6.45) is -4.55. The minimum atomic E-state index is -4.55. The molecule has 0 spiro atoms. The quantitative estimate of drug-likeness (QED) is 0.855. The molecule has 0 atom stereocenters. The first-order valence-corrected chi connectivity index (χ1v) is 6.12. The lowest BCUT2D eigenvalue weighted by atomic mass is 10.1. The van der Waals surface area contributed by atoms with Crippen molar-refractivity contribution in [2.45, 2.75) is 6.18 Å². The first-order chi connectivity index (χ1) is 9.77. The van der Waals surface area contributed by atoms with Gasteiger partial charge in [-0.3, -0.25) is 0 Å². The molecule has 2 aromatic rings. The highest BCUT2D eigenvalue weighted by Crippen LogP contribution is 2.37. The zero-order chi connectivity index (χ0) is 15.6. The molecular weight excluding hydrogens is 307 g/mol. The van der Waals surface area contributed by atoms with E-state index in [1.165, 1.54) is 36.4 Å². The molecule has 3 nitrogen and oxygen atoms in total. The van der Waals surface area contributed by atoms with Gasteiger partial charge in [0.1, 0.15) is 0 Å². The molecule has 0 radical (unpaired) electrons. The van der Waals surface area contributed by atoms with Crippen LogP contribution in [-0.2, 0) is 6.18 Å². The van der Waals surface area contributed by atoms with Crippen LogP contribution in [0.5, 0.6) is 0 Å². The molecule has 0 heterocycles. The van der Waals surface area contributed by atoms with Gasteiger partial charge < -0.3 is 10.4 Å². The molecule has 2 rings (SSSR count). The van der Waals surface area contributed by atoms with Gasteiger partial charge in [-0.1, -0.05) is 11.6 Å². The summed E-state index contributed by atoms with van der Waals surface area (Å²) in [5.41, 5.74) is -0.659. The highest BCUT2D eigenvalue weighted by atomic mass is 35.5. The van der Waals surface area contributed by atoms with Crippen molar-refractivity contribution in [2.75, 3.05) is 5.32 Å². The normalized spacial score (nSPS) is 11.2. The smallest absolute Gasteiger partial charge is 0.418 e. The number of halogens is 4. The Kier molecular flexibility index (Phi) is 4.09. The molecule has 110 valence electrons. The predicted molar refractivity (Wildman–Crippen MR) is 73.1 cm³/mol. The average molecular weight is 316 g/mol. The minimum Gasteiger partial charge on any atom is -0.478 e. The van der Waals surface area contributed by atoms with Crippen LogP contribution in [0.2, 0.25) is 5.02 Å². The first-order valence-electron chi connectivity index (χ1n) is 5.74. The van der Waals surface area contributed by atoms with Gasteiger partial charge in [0.2, 0.25) is 0 Å². The van der Waals surface area contributed by atoms with Crippen LogP contribution in [0.3, 0.4) is 0 Å². The SMILES string of the molecule is O=C(O)c1ccc(Nc2ccc(Cl)cc2C(F)(F)F)cc1. The van der Waals surface area contributed by atoms with E-state index in [0.29, 0.717) is 5.69 Å². The Balaban J connectivity index is 2.33. The Hall–Kier alpha value is -2.21. The molecule has 0 saturated heterocycles. The number of nitrogens with one attached hydrogen (secondary N) is 1. The molecule has 0 bridgehead atoms. The summed E-state index contributed by atoms with van der Waals surface area (Å²) in [6, 6.07) is 8.76. The Morgan fingerprint density at radius 1 is 1.10 bits per heavy atom. The zero-order valence-electron chi connectivity index (χ0n) is 10.4. The third-order valence-corrected chi connectivity index (χ3v) is 2.93. The van der Waals surface area contributed by atoms with Crippen molar-refractivity contribution >= 4 is 28.9 Å². The summed E-state index contributed by atoms with van der Waals surface area (Å²) in [6.45, 7) is 0. The van der Waals surface area contributed by atoms with Crippen molar-refractivity contribution in [3.05, 3.63) is 58.6 Å². The number of carboxylic acid groups (broad SMARTS) is 1. The van der Waals surface area contributed by atoms with Gasteiger partial charge in [-0.25, -0.2) is 4.79 Å². The van der Waals surface area contributed by atoms with Gasteiger partial charge in [-0.2, -0.15) is 13.2 Å². The second-order valence-electron chi connectivity index (χ2n) is 4.20. The fraction of sp³-hybridized carbons (Fsp3) is 0.0714. The van der Waals surface area contributed by atoms with E-state index in [9.17, 15) is 18.0 Å². The van der Waals surface area contributed by atoms with Crippen molar-refractivity contribution in [1.29, 1.82) is 0 Å². The molecule has 2 N–H and O–H groups in total. The summed E-state index contributed by atoms with van der Waals surface area (Å²) >= 11 is 5.59. The van der Waals surface area contributed by atoms with Gasteiger partial charge in [-0.15, -0.1) is 0 Å². The maximum Gasteiger partial charge on any atom is 0.418 e. The standard InChI is InChI=1S/C14H9ClF3NO2/c15-9-3-6-12(11(7-9)14(16,17)18)19-10-4-1-8(2-5-10)13(20)21/h1-7,19H,(H,20,21). The summed E-state index contributed by atoms with van der Waals surface area (Å²) in [7, 11) is 0. The number of carboxylic acids is 1. The molecule has 0 amide bonds. The summed E-state index contributed by atoms with van der Waals surface area (Å²) in [4.78, 5) is 10.7. The van der Waals surface area contributed by atoms with E-state index < -0.39 is 17.7 Å². The van der Waals surface area contributed by atoms with Gasteiger partial charge in [0, 0.05) is 10.7 Å². The number of aromatic carboxylic acids is 1. The molecule has 0 fully saturated rings. The Bertz CT molecular complexity index is 669. The summed E-state index contributed by atoms with van der Waals surface area (Å²) in [5, 5.41) is 11.3. The maximum absolute atomic E-state index is 12.9. The van der Waals surface area contributed by atoms with E-state index in [4.69, 9.17) is 16.7 Å². The van der Waals surface area contributed by atoms with Gasteiger partial charge in [0.05, 0.1) is 16.8 Å². The van der Waals surface area contributed by atoms with Crippen LogP contribution in [0.1, 0.15) is 15.9 Å². The molecule has 7 heteroatoms. The van der Waals surface area contributed by atoms with E-state index in [2.05, 4.69) is 5.32 Å². The largest absolute Gasteiger partial charge is 0.478 e. The number of anilines is 2. The highest BCUT2D eigenvalue weighted by molar-refractivity contribution is 6.30. The third-order valence-electron chi connectivity index (χ3n) is 2.70. The maximum atomic E-state index is 12.9. The van der Waals surface area contributed by atoms with Crippen LogP contribution < -0.4 is 5.32 Å². The van der Waals surface area contributed by atoms with Crippen molar-refractivity contribution in [1.82, 2.24) is 0 Å². The first kappa shape index (κ1) is 15.2. The van der Waals surface area contributed by atoms with E-state index in [1.54, 1.807) is 0 Å². The van der Waals surface area contributed by atoms with E-state index in [1.807, 2.05) is 0 Å².